The second-order valence-corrected chi connectivity index (χ2v) is 3.62. The maximum Gasteiger partial charge on any atom is 0.305 e. The maximum absolute atomic E-state index is 11.6. The largest absolute Gasteiger partial charge is 0.492 e. The predicted octanol–water partition coefficient (Wildman–Crippen LogP) is 0.826. The van der Waals surface area contributed by atoms with E-state index in [9.17, 15) is 9.59 Å². The van der Waals surface area contributed by atoms with Gasteiger partial charge in [-0.1, -0.05) is 12.1 Å². The number of para-hydroxylation sites is 2. The topological polar surface area (TPSA) is 102 Å². The molecule has 0 aliphatic rings. The van der Waals surface area contributed by atoms with Crippen LogP contribution >= 0.6 is 0 Å². The number of aliphatic carboxylic acids is 1. The molecule has 0 saturated carbocycles. The number of nitrogens with two attached hydrogens (primary N) is 1. The maximum atomic E-state index is 11.6. The summed E-state index contributed by atoms with van der Waals surface area (Å²) in [5.41, 5.74) is 5.93. The van der Waals surface area contributed by atoms with Crippen molar-refractivity contribution in [3.63, 3.8) is 0 Å². The van der Waals surface area contributed by atoms with Crippen LogP contribution in [0, 0.1) is 0 Å². The van der Waals surface area contributed by atoms with Crippen molar-refractivity contribution in [1.82, 2.24) is 0 Å². The van der Waals surface area contributed by atoms with E-state index in [1.54, 1.807) is 24.3 Å². The molecule has 1 aromatic rings. The van der Waals surface area contributed by atoms with Gasteiger partial charge in [0.1, 0.15) is 5.75 Å². The van der Waals surface area contributed by atoms with E-state index in [1.807, 2.05) is 6.92 Å². The molecule has 0 spiro atoms. The summed E-state index contributed by atoms with van der Waals surface area (Å²) in [7, 11) is 0. The summed E-state index contributed by atoms with van der Waals surface area (Å²) in [6, 6.07) is 5.80. The molecular formula is C12H16N2O4. The van der Waals surface area contributed by atoms with Gasteiger partial charge in [-0.3, -0.25) is 9.59 Å². The SMILES string of the molecule is CCOc1ccccc1NC(=O)C(N)CC(=O)O. The van der Waals surface area contributed by atoms with Crippen molar-refractivity contribution >= 4 is 17.6 Å². The summed E-state index contributed by atoms with van der Waals surface area (Å²) >= 11 is 0. The van der Waals surface area contributed by atoms with E-state index in [1.165, 1.54) is 0 Å². The number of hydrogen-bond acceptors (Lipinski definition) is 4. The van der Waals surface area contributed by atoms with E-state index in [0.29, 0.717) is 18.0 Å². The highest BCUT2D eigenvalue weighted by Gasteiger charge is 2.18. The van der Waals surface area contributed by atoms with Crippen LogP contribution in [0.5, 0.6) is 5.75 Å². The monoisotopic (exact) mass is 252 g/mol. The molecule has 0 heterocycles. The van der Waals surface area contributed by atoms with Gasteiger partial charge < -0.3 is 20.9 Å². The summed E-state index contributed by atoms with van der Waals surface area (Å²) in [6.07, 6.45) is -0.414. The minimum absolute atomic E-state index is 0.414. The van der Waals surface area contributed by atoms with Crippen LogP contribution in [0.15, 0.2) is 24.3 Å². The smallest absolute Gasteiger partial charge is 0.305 e. The normalized spacial score (nSPS) is 11.7. The quantitative estimate of drug-likeness (QED) is 0.696. The Balaban J connectivity index is 2.72. The first-order valence-electron chi connectivity index (χ1n) is 5.54. The summed E-state index contributed by atoms with van der Waals surface area (Å²) in [6.45, 7) is 2.29. The highest BCUT2D eigenvalue weighted by Crippen LogP contribution is 2.23. The van der Waals surface area contributed by atoms with Crippen molar-refractivity contribution in [2.75, 3.05) is 11.9 Å². The molecule has 4 N–H and O–H groups in total. The summed E-state index contributed by atoms with van der Waals surface area (Å²) in [4.78, 5) is 22.1. The molecule has 0 aliphatic carbocycles. The van der Waals surface area contributed by atoms with E-state index in [0.717, 1.165) is 0 Å². The minimum atomic E-state index is -1.12. The van der Waals surface area contributed by atoms with Crippen LogP contribution in [0.25, 0.3) is 0 Å². The molecule has 6 nitrogen and oxygen atoms in total. The van der Waals surface area contributed by atoms with Gasteiger partial charge in [0.25, 0.3) is 0 Å². The van der Waals surface area contributed by atoms with Crippen LogP contribution in [0.3, 0.4) is 0 Å². The summed E-state index contributed by atoms with van der Waals surface area (Å²) < 4.78 is 5.33. The third kappa shape index (κ3) is 4.06. The standard InChI is InChI=1S/C12H16N2O4/c1-2-18-10-6-4-3-5-9(10)14-12(17)8(13)7-11(15)16/h3-6,8H,2,7,13H2,1H3,(H,14,17)(H,15,16). The molecule has 1 unspecified atom stereocenters. The van der Waals surface area contributed by atoms with Crippen molar-refractivity contribution in [2.24, 2.45) is 5.73 Å². The molecule has 0 aliphatic heterocycles. The van der Waals surface area contributed by atoms with Crippen LogP contribution in [0.2, 0.25) is 0 Å². The predicted molar refractivity (Wildman–Crippen MR) is 66.5 cm³/mol. The number of carboxylic acids is 1. The van der Waals surface area contributed by atoms with Gasteiger partial charge >= 0.3 is 5.97 Å². The number of benzene rings is 1. The fourth-order valence-corrected chi connectivity index (χ4v) is 1.36. The third-order valence-electron chi connectivity index (χ3n) is 2.18. The summed E-state index contributed by atoms with van der Waals surface area (Å²) in [5.74, 6) is -1.14. The van der Waals surface area contributed by atoms with Crippen molar-refractivity contribution in [2.45, 2.75) is 19.4 Å². The number of hydrogen-bond donors (Lipinski definition) is 3. The molecule has 1 amide bonds. The number of ether oxygens (including phenoxy) is 1. The zero-order valence-electron chi connectivity index (χ0n) is 10.1. The Kier molecular flexibility index (Phi) is 5.13. The van der Waals surface area contributed by atoms with E-state index >= 15 is 0 Å². The van der Waals surface area contributed by atoms with Gasteiger partial charge in [0, 0.05) is 0 Å². The fourth-order valence-electron chi connectivity index (χ4n) is 1.36. The lowest BCUT2D eigenvalue weighted by Crippen LogP contribution is -2.37. The molecular weight excluding hydrogens is 236 g/mol. The first-order chi connectivity index (χ1) is 8.54. The number of amides is 1. The minimum Gasteiger partial charge on any atom is -0.492 e. The first-order valence-corrected chi connectivity index (χ1v) is 5.54. The van der Waals surface area contributed by atoms with Crippen LogP contribution < -0.4 is 15.8 Å². The Bertz CT molecular complexity index is 434. The van der Waals surface area contributed by atoms with Crippen LogP contribution in [0.4, 0.5) is 5.69 Å². The van der Waals surface area contributed by atoms with E-state index in [4.69, 9.17) is 15.6 Å². The average molecular weight is 252 g/mol. The van der Waals surface area contributed by atoms with E-state index in [2.05, 4.69) is 5.32 Å². The van der Waals surface area contributed by atoms with Gasteiger partial charge in [-0.2, -0.15) is 0 Å². The van der Waals surface area contributed by atoms with E-state index < -0.39 is 24.3 Å². The second-order valence-electron chi connectivity index (χ2n) is 3.62. The molecule has 18 heavy (non-hydrogen) atoms. The van der Waals surface area contributed by atoms with Gasteiger partial charge in [0.2, 0.25) is 5.91 Å². The highest BCUT2D eigenvalue weighted by molar-refractivity contribution is 5.97. The van der Waals surface area contributed by atoms with Gasteiger partial charge in [0.05, 0.1) is 24.8 Å². The van der Waals surface area contributed by atoms with Crippen molar-refractivity contribution in [3.05, 3.63) is 24.3 Å². The Morgan fingerprint density at radius 2 is 2.11 bits per heavy atom. The first kappa shape index (κ1) is 14.0. The average Bonchev–Trinajstić information content (AvgIpc) is 2.31. The molecule has 1 aromatic carbocycles. The number of carbonyl (C=O) groups is 2. The van der Waals surface area contributed by atoms with Gasteiger partial charge in [-0.25, -0.2) is 0 Å². The fraction of sp³-hybridized carbons (Fsp3) is 0.333. The van der Waals surface area contributed by atoms with Gasteiger partial charge in [0.15, 0.2) is 0 Å². The lowest BCUT2D eigenvalue weighted by molar-refractivity contribution is -0.138. The zero-order valence-corrected chi connectivity index (χ0v) is 10.1. The number of carbonyl (C=O) groups excluding carboxylic acids is 1. The number of nitrogens with one attached hydrogen (secondary N) is 1. The molecule has 1 atom stereocenters. The van der Waals surface area contributed by atoms with Crippen LogP contribution in [-0.2, 0) is 9.59 Å². The lowest BCUT2D eigenvalue weighted by atomic mass is 10.2. The van der Waals surface area contributed by atoms with Crippen molar-refractivity contribution in [3.8, 4) is 5.75 Å². The highest BCUT2D eigenvalue weighted by atomic mass is 16.5. The third-order valence-corrected chi connectivity index (χ3v) is 2.18. The summed E-state index contributed by atoms with van der Waals surface area (Å²) in [5, 5.41) is 11.1. The molecule has 0 bridgehead atoms. The molecule has 6 heteroatoms. The lowest BCUT2D eigenvalue weighted by Gasteiger charge is -2.13. The second kappa shape index (κ2) is 6.61. The number of anilines is 1. The Hall–Kier alpha value is -2.08. The van der Waals surface area contributed by atoms with Crippen molar-refractivity contribution < 1.29 is 19.4 Å². The molecule has 0 radical (unpaired) electrons. The van der Waals surface area contributed by atoms with Crippen LogP contribution in [0.1, 0.15) is 13.3 Å². The number of rotatable bonds is 6. The van der Waals surface area contributed by atoms with Crippen LogP contribution in [-0.4, -0.2) is 29.6 Å². The zero-order chi connectivity index (χ0) is 13.5. The van der Waals surface area contributed by atoms with Gasteiger partial charge in [-0.05, 0) is 19.1 Å². The Morgan fingerprint density at radius 1 is 1.44 bits per heavy atom. The molecule has 0 saturated heterocycles. The van der Waals surface area contributed by atoms with E-state index in [-0.39, 0.29) is 0 Å². The Labute approximate surface area is 105 Å². The van der Waals surface area contributed by atoms with Crippen molar-refractivity contribution in [1.29, 1.82) is 0 Å². The number of carboxylic acid groups (broad SMARTS) is 1. The molecule has 0 fully saturated rings. The Morgan fingerprint density at radius 3 is 2.72 bits per heavy atom. The molecule has 98 valence electrons. The van der Waals surface area contributed by atoms with Gasteiger partial charge in [-0.15, -0.1) is 0 Å². The molecule has 1 rings (SSSR count). The molecule has 0 aromatic heterocycles.